The Labute approximate surface area is 87.0 Å². The van der Waals surface area contributed by atoms with Gasteiger partial charge in [0.25, 0.3) is 5.92 Å². The van der Waals surface area contributed by atoms with E-state index in [9.17, 15) is 13.6 Å². The van der Waals surface area contributed by atoms with Crippen molar-refractivity contribution in [2.24, 2.45) is 0 Å². The summed E-state index contributed by atoms with van der Waals surface area (Å²) in [5.74, 6) is -1.61. The van der Waals surface area contributed by atoms with Crippen LogP contribution in [-0.2, 0) is 4.79 Å². The molecule has 1 saturated heterocycles. The Morgan fingerprint density at radius 2 is 2.29 bits per heavy atom. The van der Waals surface area contributed by atoms with Crippen molar-refractivity contribution in [3.05, 3.63) is 0 Å². The topological polar surface area (TPSA) is 20.3 Å². The van der Waals surface area contributed by atoms with Crippen molar-refractivity contribution in [1.82, 2.24) is 4.90 Å². The lowest BCUT2D eigenvalue weighted by atomic mass is 10.2. The lowest BCUT2D eigenvalue weighted by Crippen LogP contribution is -2.45. The molecule has 0 aromatic heterocycles. The van der Waals surface area contributed by atoms with Gasteiger partial charge in [0.15, 0.2) is 0 Å². The highest BCUT2D eigenvalue weighted by Gasteiger charge is 2.31. The predicted octanol–water partition coefficient (Wildman–Crippen LogP) is 2.00. The van der Waals surface area contributed by atoms with Crippen LogP contribution in [-0.4, -0.2) is 40.8 Å². The fourth-order valence-corrected chi connectivity index (χ4v) is 2.48. The van der Waals surface area contributed by atoms with Crippen LogP contribution in [0.5, 0.6) is 0 Å². The van der Waals surface area contributed by atoms with Gasteiger partial charge < -0.3 is 4.90 Å². The molecule has 1 rings (SSSR count). The van der Waals surface area contributed by atoms with Crippen LogP contribution in [0.15, 0.2) is 0 Å². The summed E-state index contributed by atoms with van der Waals surface area (Å²) in [4.78, 5) is 13.0. The number of thioether (sulfide) groups is 1. The van der Waals surface area contributed by atoms with Crippen LogP contribution in [0.4, 0.5) is 8.78 Å². The maximum absolute atomic E-state index is 12.6. The molecule has 0 aromatic carbocycles. The molecule has 0 aliphatic carbocycles. The molecular weight excluding hydrogens is 208 g/mol. The lowest BCUT2D eigenvalue weighted by molar-refractivity contribution is -0.139. The van der Waals surface area contributed by atoms with Crippen LogP contribution in [0.1, 0.15) is 20.3 Å². The van der Waals surface area contributed by atoms with Gasteiger partial charge in [-0.25, -0.2) is 8.78 Å². The van der Waals surface area contributed by atoms with Crippen LogP contribution in [0.25, 0.3) is 0 Å². The van der Waals surface area contributed by atoms with E-state index in [1.54, 1.807) is 16.7 Å². The molecule has 14 heavy (non-hydrogen) atoms. The van der Waals surface area contributed by atoms with E-state index in [1.165, 1.54) is 0 Å². The van der Waals surface area contributed by atoms with Gasteiger partial charge in [0.05, 0.1) is 6.42 Å². The summed E-state index contributed by atoms with van der Waals surface area (Å²) in [6.07, 6.45) is -0.665. The molecule has 1 heterocycles. The van der Waals surface area contributed by atoms with Crippen molar-refractivity contribution in [2.45, 2.75) is 32.2 Å². The minimum absolute atomic E-state index is 0.0867. The monoisotopic (exact) mass is 223 g/mol. The molecule has 1 fully saturated rings. The molecule has 82 valence electrons. The van der Waals surface area contributed by atoms with E-state index in [-0.39, 0.29) is 6.04 Å². The summed E-state index contributed by atoms with van der Waals surface area (Å²) in [7, 11) is 0. The summed E-state index contributed by atoms with van der Waals surface area (Å²) in [6.45, 7) is 3.28. The van der Waals surface area contributed by atoms with E-state index in [0.29, 0.717) is 6.54 Å². The Kier molecular flexibility index (Phi) is 3.75. The van der Waals surface area contributed by atoms with Crippen LogP contribution < -0.4 is 0 Å². The molecular formula is C9H15F2NOS. The smallest absolute Gasteiger partial charge is 0.254 e. The number of hydrogen-bond acceptors (Lipinski definition) is 2. The second-order valence-corrected chi connectivity index (χ2v) is 4.91. The van der Waals surface area contributed by atoms with Crippen LogP contribution in [0, 0.1) is 0 Å². The third-order valence-corrected chi connectivity index (χ3v) is 3.34. The highest BCUT2D eigenvalue weighted by molar-refractivity contribution is 7.99. The fraction of sp³-hybridized carbons (Fsp3) is 0.889. The van der Waals surface area contributed by atoms with Gasteiger partial charge in [-0.15, -0.1) is 0 Å². The van der Waals surface area contributed by atoms with E-state index in [1.807, 2.05) is 6.92 Å². The molecule has 1 aliphatic rings. The molecule has 1 aliphatic heterocycles. The van der Waals surface area contributed by atoms with E-state index >= 15 is 0 Å². The first-order valence-corrected chi connectivity index (χ1v) is 5.80. The van der Waals surface area contributed by atoms with E-state index in [4.69, 9.17) is 0 Å². The number of rotatable bonds is 2. The predicted molar refractivity (Wildman–Crippen MR) is 53.7 cm³/mol. The molecule has 0 N–H and O–H groups in total. The summed E-state index contributed by atoms with van der Waals surface area (Å²) >= 11 is 1.76. The van der Waals surface area contributed by atoms with Crippen LogP contribution >= 0.6 is 11.8 Å². The highest BCUT2D eigenvalue weighted by atomic mass is 32.2. The fourth-order valence-electron chi connectivity index (χ4n) is 1.46. The molecule has 1 unspecified atom stereocenters. The van der Waals surface area contributed by atoms with Crippen LogP contribution in [0.2, 0.25) is 0 Å². The molecule has 1 atom stereocenters. The van der Waals surface area contributed by atoms with Gasteiger partial charge in [0.2, 0.25) is 5.91 Å². The lowest BCUT2D eigenvalue weighted by Gasteiger charge is -2.33. The Balaban J connectivity index is 2.50. The molecule has 1 amide bonds. The summed E-state index contributed by atoms with van der Waals surface area (Å²) in [5, 5.41) is 0. The minimum Gasteiger partial charge on any atom is -0.338 e. The van der Waals surface area contributed by atoms with Crippen molar-refractivity contribution < 1.29 is 13.6 Å². The second-order valence-electron chi connectivity index (χ2n) is 3.76. The van der Waals surface area contributed by atoms with Gasteiger partial charge in [-0.3, -0.25) is 4.79 Å². The van der Waals surface area contributed by atoms with Gasteiger partial charge in [-0.1, -0.05) is 0 Å². The third-order valence-electron chi connectivity index (χ3n) is 2.15. The van der Waals surface area contributed by atoms with Crippen molar-refractivity contribution in [3.63, 3.8) is 0 Å². The van der Waals surface area contributed by atoms with Crippen molar-refractivity contribution in [2.75, 3.05) is 18.1 Å². The van der Waals surface area contributed by atoms with Gasteiger partial charge in [0.1, 0.15) is 0 Å². The molecule has 0 aromatic rings. The molecule has 0 spiro atoms. The minimum atomic E-state index is -2.89. The molecule has 0 saturated carbocycles. The number of carbonyl (C=O) groups is 1. The maximum atomic E-state index is 12.6. The Morgan fingerprint density at radius 1 is 1.64 bits per heavy atom. The van der Waals surface area contributed by atoms with Crippen molar-refractivity contribution in [1.29, 1.82) is 0 Å². The summed E-state index contributed by atoms with van der Waals surface area (Å²) in [5.41, 5.74) is 0. The molecule has 0 radical (unpaired) electrons. The van der Waals surface area contributed by atoms with E-state index < -0.39 is 18.3 Å². The van der Waals surface area contributed by atoms with Crippen molar-refractivity contribution >= 4 is 17.7 Å². The number of alkyl halides is 2. The number of halogens is 2. The van der Waals surface area contributed by atoms with E-state index in [0.717, 1.165) is 18.4 Å². The van der Waals surface area contributed by atoms with Crippen LogP contribution in [0.3, 0.4) is 0 Å². The Bertz CT molecular complexity index is 217. The largest absolute Gasteiger partial charge is 0.338 e. The summed E-state index contributed by atoms with van der Waals surface area (Å²) < 4.78 is 25.2. The average Bonchev–Trinajstić information content (AvgIpc) is 2.01. The maximum Gasteiger partial charge on any atom is 0.254 e. The number of carbonyl (C=O) groups excluding carboxylic acids is 1. The zero-order chi connectivity index (χ0) is 10.8. The average molecular weight is 223 g/mol. The zero-order valence-electron chi connectivity index (χ0n) is 8.43. The number of amides is 1. The zero-order valence-corrected chi connectivity index (χ0v) is 9.24. The second kappa shape index (κ2) is 4.47. The number of hydrogen-bond donors (Lipinski definition) is 0. The normalized spacial score (nSPS) is 23.7. The standard InChI is InChI=1S/C9H15F2NOS/c1-7-6-14-4-3-12(7)8(13)5-9(2,10)11/h7H,3-6H2,1-2H3. The van der Waals surface area contributed by atoms with Gasteiger partial charge in [-0.2, -0.15) is 11.8 Å². The van der Waals surface area contributed by atoms with Gasteiger partial charge in [0, 0.05) is 24.1 Å². The first-order valence-electron chi connectivity index (χ1n) is 4.65. The molecule has 5 heteroatoms. The quantitative estimate of drug-likeness (QED) is 0.713. The van der Waals surface area contributed by atoms with Gasteiger partial charge in [-0.05, 0) is 13.8 Å². The Hall–Kier alpha value is -0.320. The van der Waals surface area contributed by atoms with Crippen molar-refractivity contribution in [3.8, 4) is 0 Å². The van der Waals surface area contributed by atoms with Gasteiger partial charge >= 0.3 is 0 Å². The number of nitrogens with zero attached hydrogens (tertiary/aromatic N) is 1. The third kappa shape index (κ3) is 3.44. The Morgan fingerprint density at radius 3 is 2.79 bits per heavy atom. The summed E-state index contributed by atoms with van der Waals surface area (Å²) in [6, 6.07) is 0.0867. The highest BCUT2D eigenvalue weighted by Crippen LogP contribution is 2.22. The molecule has 2 nitrogen and oxygen atoms in total. The first kappa shape index (κ1) is 11.8. The SMILES string of the molecule is CC1CSCCN1C(=O)CC(C)(F)F. The molecule has 0 bridgehead atoms. The van der Waals surface area contributed by atoms with E-state index in [2.05, 4.69) is 0 Å². The first-order chi connectivity index (χ1) is 6.40.